The van der Waals surface area contributed by atoms with Gasteiger partial charge in [0.05, 0.1) is 0 Å². The van der Waals surface area contributed by atoms with Crippen LogP contribution in [-0.2, 0) is 10.6 Å². The van der Waals surface area contributed by atoms with Gasteiger partial charge in [0.25, 0.3) is 0 Å². The molecule has 0 radical (unpaired) electrons. The summed E-state index contributed by atoms with van der Waals surface area (Å²) in [7, 11) is 12.2. The average Bonchev–Trinajstić information content (AvgIpc) is 2.26. The van der Waals surface area contributed by atoms with Crippen molar-refractivity contribution < 1.29 is 10.6 Å². The molecule has 0 rings (SSSR count). The van der Waals surface area contributed by atoms with E-state index < -0.39 is 17.3 Å². The Morgan fingerprint density at radius 3 is 1.05 bits per heavy atom. The predicted octanol–water partition coefficient (Wildman–Crippen LogP) is -0.294. The van der Waals surface area contributed by atoms with E-state index in [-0.39, 0.29) is 0 Å². The number of hydrogen-bond donors (Lipinski definition) is 0. The Kier molecular flexibility index (Phi) is 12.4. The van der Waals surface area contributed by atoms with E-state index in [1.165, 1.54) is 0 Å². The second kappa shape index (κ2) is 12.2. The quantitative estimate of drug-likeness (QED) is 0.457. The molecular weight excluding hydrogens is 304 g/mol. The van der Waals surface area contributed by atoms with Crippen LogP contribution in [0.5, 0.6) is 0 Å². The number of nitrogens with zero attached hydrogens (tertiary/aromatic N) is 3. The van der Waals surface area contributed by atoms with Crippen molar-refractivity contribution in [3.63, 3.8) is 0 Å². The van der Waals surface area contributed by atoms with Crippen molar-refractivity contribution in [2.45, 2.75) is 0 Å². The van der Waals surface area contributed by atoms with E-state index in [9.17, 15) is 0 Å². The first-order chi connectivity index (χ1) is 8.91. The summed E-state index contributed by atoms with van der Waals surface area (Å²) in [6, 6.07) is 0. The molecule has 0 aliphatic rings. The van der Waals surface area contributed by atoms with Crippen LogP contribution in [0.4, 0.5) is 0 Å². The van der Waals surface area contributed by atoms with Crippen LogP contribution < -0.4 is 0 Å². The molecule has 0 aromatic rings. The molecule has 0 aromatic heterocycles. The van der Waals surface area contributed by atoms with Crippen molar-refractivity contribution in [1.29, 1.82) is 0 Å². The second-order valence-corrected chi connectivity index (χ2v) is 8.62. The predicted molar refractivity (Wildman–Crippen MR) is 79.3 cm³/mol. The molecule has 0 aromatic carbocycles. The van der Waals surface area contributed by atoms with Crippen LogP contribution in [0.2, 0.25) is 0 Å². The van der Waals surface area contributed by atoms with Crippen LogP contribution in [0.3, 0.4) is 0 Å². The van der Waals surface area contributed by atoms with Gasteiger partial charge in [-0.15, -0.1) is 0 Å². The van der Waals surface area contributed by atoms with E-state index in [1.54, 1.807) is 0 Å². The molecule has 19 heavy (non-hydrogen) atoms. The SMILES string of the molecule is CN(C)CC[O][Ga]([O]CCN(C)C)[O]CCN(C)C. The summed E-state index contributed by atoms with van der Waals surface area (Å²) in [5.41, 5.74) is 0. The summed E-state index contributed by atoms with van der Waals surface area (Å²) in [6.07, 6.45) is 0. The molecule has 0 heterocycles. The summed E-state index contributed by atoms with van der Waals surface area (Å²) in [5.74, 6) is 0. The molecule has 0 amide bonds. The molecule has 0 atom stereocenters. The van der Waals surface area contributed by atoms with Crippen LogP contribution in [-0.4, -0.2) is 114 Å². The van der Waals surface area contributed by atoms with Gasteiger partial charge in [-0.1, -0.05) is 0 Å². The van der Waals surface area contributed by atoms with E-state index in [1.807, 2.05) is 42.3 Å². The van der Waals surface area contributed by atoms with Gasteiger partial charge in [0, 0.05) is 0 Å². The third-order valence-electron chi connectivity index (χ3n) is 2.38. The zero-order valence-corrected chi connectivity index (χ0v) is 15.8. The molecular formula is C12H30GaN3O3. The number of likely N-dealkylation sites (N-methyl/N-ethyl adjacent to an activating group) is 3. The molecule has 0 aliphatic heterocycles. The Morgan fingerprint density at radius 2 is 0.842 bits per heavy atom. The van der Waals surface area contributed by atoms with Crippen molar-refractivity contribution in [3.8, 4) is 0 Å². The fourth-order valence-corrected chi connectivity index (χ4v) is 3.62. The molecule has 0 bridgehead atoms. The van der Waals surface area contributed by atoms with Gasteiger partial charge in [-0.3, -0.25) is 0 Å². The van der Waals surface area contributed by atoms with E-state index in [2.05, 4.69) is 14.7 Å². The second-order valence-electron chi connectivity index (χ2n) is 5.31. The fourth-order valence-electron chi connectivity index (χ4n) is 1.14. The molecule has 7 heteroatoms. The fraction of sp³-hybridized carbons (Fsp3) is 1.00. The minimum absolute atomic E-state index is 0.682. The van der Waals surface area contributed by atoms with Crippen LogP contribution in [0.25, 0.3) is 0 Å². The van der Waals surface area contributed by atoms with Crippen LogP contribution in [0.15, 0.2) is 0 Å². The molecule has 0 fully saturated rings. The monoisotopic (exact) mass is 333 g/mol. The van der Waals surface area contributed by atoms with Crippen molar-refractivity contribution in [2.75, 3.05) is 81.7 Å². The van der Waals surface area contributed by atoms with Crippen molar-refractivity contribution in [1.82, 2.24) is 14.7 Å². The molecule has 6 nitrogen and oxygen atoms in total. The maximum atomic E-state index is 5.78. The van der Waals surface area contributed by atoms with Gasteiger partial charge in [-0.05, 0) is 0 Å². The van der Waals surface area contributed by atoms with Gasteiger partial charge in [-0.25, -0.2) is 0 Å². The van der Waals surface area contributed by atoms with Gasteiger partial charge in [0.1, 0.15) is 0 Å². The van der Waals surface area contributed by atoms with Crippen LogP contribution in [0.1, 0.15) is 0 Å². The summed E-state index contributed by atoms with van der Waals surface area (Å²) < 4.78 is 17.3. The molecule has 0 saturated heterocycles. The Labute approximate surface area is 124 Å². The standard InChI is InChI=1S/3C4H10NO.Ga/c3*1-5(2)3-4-6;/h3*3-4H2,1-2H3;/q3*-1;+3. The Hall–Kier alpha value is 0.396. The third-order valence-corrected chi connectivity index (χ3v) is 5.57. The normalized spacial score (nSPS) is 11.8. The summed E-state index contributed by atoms with van der Waals surface area (Å²) in [6.45, 7) is 4.74. The summed E-state index contributed by atoms with van der Waals surface area (Å²) in [5, 5.41) is 0. The topological polar surface area (TPSA) is 37.4 Å². The Balaban J connectivity index is 3.85. The summed E-state index contributed by atoms with van der Waals surface area (Å²) in [4.78, 5) is 6.29. The van der Waals surface area contributed by atoms with Crippen LogP contribution in [0, 0.1) is 0 Å². The average molecular weight is 334 g/mol. The number of hydrogen-bond acceptors (Lipinski definition) is 6. The molecule has 0 aliphatic carbocycles. The minimum atomic E-state index is -2.49. The molecule has 0 N–H and O–H groups in total. The van der Waals surface area contributed by atoms with Gasteiger partial charge >= 0.3 is 124 Å². The van der Waals surface area contributed by atoms with E-state index in [4.69, 9.17) is 10.6 Å². The van der Waals surface area contributed by atoms with Crippen LogP contribution >= 0.6 is 0 Å². The zero-order valence-electron chi connectivity index (χ0n) is 13.4. The van der Waals surface area contributed by atoms with E-state index in [0.717, 1.165) is 19.6 Å². The maximum absolute atomic E-state index is 5.78. The van der Waals surface area contributed by atoms with Gasteiger partial charge in [-0.2, -0.15) is 0 Å². The Morgan fingerprint density at radius 1 is 0.579 bits per heavy atom. The third kappa shape index (κ3) is 14.6. The number of rotatable bonds is 12. The summed E-state index contributed by atoms with van der Waals surface area (Å²) >= 11 is -2.49. The van der Waals surface area contributed by atoms with E-state index in [0.29, 0.717) is 19.8 Å². The van der Waals surface area contributed by atoms with Crippen molar-refractivity contribution >= 4 is 17.3 Å². The van der Waals surface area contributed by atoms with Crippen molar-refractivity contribution in [2.24, 2.45) is 0 Å². The molecule has 0 saturated carbocycles. The first-order valence-corrected chi connectivity index (χ1v) is 9.67. The van der Waals surface area contributed by atoms with Gasteiger partial charge in [0.2, 0.25) is 0 Å². The first kappa shape index (κ1) is 19.4. The first-order valence-electron chi connectivity index (χ1n) is 6.71. The Bertz CT molecular complexity index is 173. The van der Waals surface area contributed by atoms with E-state index >= 15 is 0 Å². The van der Waals surface area contributed by atoms with Gasteiger partial charge < -0.3 is 0 Å². The molecule has 0 spiro atoms. The van der Waals surface area contributed by atoms with Crippen molar-refractivity contribution in [3.05, 3.63) is 0 Å². The zero-order chi connectivity index (χ0) is 14.7. The molecule has 0 unspecified atom stereocenters. The van der Waals surface area contributed by atoms with Gasteiger partial charge in [0.15, 0.2) is 0 Å². The molecule has 114 valence electrons.